The second-order valence-corrected chi connectivity index (χ2v) is 2.99. The van der Waals surface area contributed by atoms with Crippen LogP contribution >= 0.6 is 0 Å². The van der Waals surface area contributed by atoms with Crippen LogP contribution in [0.15, 0.2) is 0 Å². The van der Waals surface area contributed by atoms with Gasteiger partial charge in [-0.3, -0.25) is 0 Å². The number of aldehydes is 1. The Balaban J connectivity index is 3.04. The van der Waals surface area contributed by atoms with Gasteiger partial charge in [-0.05, 0) is 12.3 Å². The van der Waals surface area contributed by atoms with Gasteiger partial charge in [0.15, 0.2) is 0 Å². The monoisotopic (exact) mass is 142 g/mol. The van der Waals surface area contributed by atoms with Crippen molar-refractivity contribution >= 4 is 6.29 Å². The molecule has 1 heteroatoms. The second kappa shape index (κ2) is 6.79. The van der Waals surface area contributed by atoms with E-state index in [2.05, 4.69) is 13.8 Å². The molecule has 0 heterocycles. The number of carbonyl (C=O) groups excluding carboxylic acids is 1. The second-order valence-electron chi connectivity index (χ2n) is 2.99. The maximum atomic E-state index is 9.94. The summed E-state index contributed by atoms with van der Waals surface area (Å²) in [6, 6.07) is 0. The van der Waals surface area contributed by atoms with E-state index in [1.807, 2.05) is 0 Å². The first-order valence-corrected chi connectivity index (χ1v) is 4.24. The lowest BCUT2D eigenvalue weighted by molar-refractivity contribution is -0.107. The molecule has 0 saturated carbocycles. The van der Waals surface area contributed by atoms with E-state index in [-0.39, 0.29) is 0 Å². The van der Waals surface area contributed by atoms with Crippen LogP contribution in [0.4, 0.5) is 0 Å². The summed E-state index contributed by atoms with van der Waals surface area (Å²) in [4.78, 5) is 9.94. The number of carbonyl (C=O) groups is 1. The third-order valence-electron chi connectivity index (χ3n) is 1.80. The van der Waals surface area contributed by atoms with E-state index in [1.165, 1.54) is 19.3 Å². The molecule has 10 heavy (non-hydrogen) atoms. The Labute approximate surface area is 63.8 Å². The van der Waals surface area contributed by atoms with Crippen LogP contribution in [0.25, 0.3) is 0 Å². The summed E-state index contributed by atoms with van der Waals surface area (Å²) in [5.74, 6) is 0.810. The van der Waals surface area contributed by atoms with E-state index in [1.54, 1.807) is 0 Å². The lowest BCUT2D eigenvalue weighted by atomic mass is 10.00. The van der Waals surface area contributed by atoms with Gasteiger partial charge in [-0.2, -0.15) is 0 Å². The molecule has 1 unspecified atom stereocenters. The highest BCUT2D eigenvalue weighted by Gasteiger charge is 1.98. The van der Waals surface area contributed by atoms with Crippen molar-refractivity contribution in [3.05, 3.63) is 0 Å². The lowest BCUT2D eigenvalue weighted by Crippen LogP contribution is -1.93. The van der Waals surface area contributed by atoms with Gasteiger partial charge < -0.3 is 4.79 Å². The van der Waals surface area contributed by atoms with Crippen molar-refractivity contribution in [2.24, 2.45) is 5.92 Å². The maximum Gasteiger partial charge on any atom is 0.119 e. The molecular formula is C9H18O. The van der Waals surface area contributed by atoms with Crippen molar-refractivity contribution in [2.75, 3.05) is 0 Å². The van der Waals surface area contributed by atoms with Gasteiger partial charge in [0.1, 0.15) is 6.29 Å². The van der Waals surface area contributed by atoms with Gasteiger partial charge in [0, 0.05) is 6.42 Å². The highest BCUT2D eigenvalue weighted by Crippen LogP contribution is 2.12. The first-order valence-electron chi connectivity index (χ1n) is 4.24. The Hall–Kier alpha value is -0.330. The standard InChI is InChI=1S/C9H18O/c1-3-6-9(2)7-4-5-8-10/h8-9H,3-7H2,1-2H3. The van der Waals surface area contributed by atoms with Gasteiger partial charge in [0.2, 0.25) is 0 Å². The van der Waals surface area contributed by atoms with Gasteiger partial charge in [-0.25, -0.2) is 0 Å². The van der Waals surface area contributed by atoms with Gasteiger partial charge in [0.05, 0.1) is 0 Å². The van der Waals surface area contributed by atoms with Crippen molar-refractivity contribution in [1.29, 1.82) is 0 Å². The number of hydrogen-bond acceptors (Lipinski definition) is 1. The predicted molar refractivity (Wildman–Crippen MR) is 44.0 cm³/mol. The molecule has 1 atom stereocenters. The van der Waals surface area contributed by atoms with E-state index in [0.717, 1.165) is 25.0 Å². The van der Waals surface area contributed by atoms with E-state index in [4.69, 9.17) is 0 Å². The molecule has 0 saturated heterocycles. The Bertz CT molecular complexity index is 78.8. The minimum Gasteiger partial charge on any atom is -0.303 e. The zero-order valence-electron chi connectivity index (χ0n) is 7.10. The van der Waals surface area contributed by atoms with Gasteiger partial charge in [-0.15, -0.1) is 0 Å². The molecule has 60 valence electrons. The summed E-state index contributed by atoms with van der Waals surface area (Å²) in [6.45, 7) is 4.46. The number of unbranched alkanes of at least 4 members (excludes halogenated alkanes) is 1. The topological polar surface area (TPSA) is 17.1 Å². The zero-order chi connectivity index (χ0) is 7.82. The fourth-order valence-corrected chi connectivity index (χ4v) is 1.19. The van der Waals surface area contributed by atoms with Crippen LogP contribution < -0.4 is 0 Å². The van der Waals surface area contributed by atoms with Crippen molar-refractivity contribution in [3.8, 4) is 0 Å². The first kappa shape index (κ1) is 9.67. The van der Waals surface area contributed by atoms with Crippen molar-refractivity contribution in [3.63, 3.8) is 0 Å². The Morgan fingerprint density at radius 3 is 2.60 bits per heavy atom. The molecule has 0 aliphatic rings. The summed E-state index contributed by atoms with van der Waals surface area (Å²) in [6.07, 6.45) is 6.62. The summed E-state index contributed by atoms with van der Waals surface area (Å²) >= 11 is 0. The molecule has 0 aromatic carbocycles. The molecule has 0 aliphatic carbocycles. The molecule has 0 aromatic heterocycles. The fourth-order valence-electron chi connectivity index (χ4n) is 1.19. The van der Waals surface area contributed by atoms with Crippen LogP contribution in [0, 0.1) is 5.92 Å². The van der Waals surface area contributed by atoms with Crippen molar-refractivity contribution in [1.82, 2.24) is 0 Å². The van der Waals surface area contributed by atoms with Crippen molar-refractivity contribution < 1.29 is 4.79 Å². The lowest BCUT2D eigenvalue weighted by Gasteiger charge is -2.06. The van der Waals surface area contributed by atoms with Crippen LogP contribution in [-0.2, 0) is 4.79 Å². The molecule has 0 aromatic rings. The average Bonchev–Trinajstić information content (AvgIpc) is 1.89. The molecule has 0 fully saturated rings. The third kappa shape index (κ3) is 5.80. The molecule has 0 aliphatic heterocycles. The SMILES string of the molecule is CCCC(C)CCCC=O. The molecule has 0 N–H and O–H groups in total. The van der Waals surface area contributed by atoms with Crippen LogP contribution in [0.5, 0.6) is 0 Å². The summed E-state index contributed by atoms with van der Waals surface area (Å²) in [5, 5.41) is 0. The maximum absolute atomic E-state index is 9.94. The summed E-state index contributed by atoms with van der Waals surface area (Å²) < 4.78 is 0. The van der Waals surface area contributed by atoms with E-state index in [0.29, 0.717) is 0 Å². The minimum atomic E-state index is 0.744. The Morgan fingerprint density at radius 1 is 1.40 bits per heavy atom. The van der Waals surface area contributed by atoms with E-state index >= 15 is 0 Å². The van der Waals surface area contributed by atoms with Crippen LogP contribution in [0.2, 0.25) is 0 Å². The summed E-state index contributed by atoms with van der Waals surface area (Å²) in [5.41, 5.74) is 0. The van der Waals surface area contributed by atoms with Gasteiger partial charge in [0.25, 0.3) is 0 Å². The molecule has 0 bridgehead atoms. The van der Waals surface area contributed by atoms with Gasteiger partial charge >= 0.3 is 0 Å². The molecule has 1 nitrogen and oxygen atoms in total. The van der Waals surface area contributed by atoms with Crippen LogP contribution in [-0.4, -0.2) is 6.29 Å². The van der Waals surface area contributed by atoms with Crippen LogP contribution in [0.3, 0.4) is 0 Å². The Morgan fingerprint density at radius 2 is 2.10 bits per heavy atom. The molecule has 0 radical (unpaired) electrons. The first-order chi connectivity index (χ1) is 4.81. The average molecular weight is 142 g/mol. The molecule has 0 rings (SSSR count). The highest BCUT2D eigenvalue weighted by atomic mass is 16.1. The number of hydrogen-bond donors (Lipinski definition) is 0. The smallest absolute Gasteiger partial charge is 0.119 e. The van der Waals surface area contributed by atoms with E-state index in [9.17, 15) is 4.79 Å². The quantitative estimate of drug-likeness (QED) is 0.411. The number of rotatable bonds is 6. The normalized spacial score (nSPS) is 13.0. The summed E-state index contributed by atoms with van der Waals surface area (Å²) in [7, 11) is 0. The third-order valence-corrected chi connectivity index (χ3v) is 1.80. The fraction of sp³-hybridized carbons (Fsp3) is 0.889. The largest absolute Gasteiger partial charge is 0.303 e. The predicted octanol–water partition coefficient (Wildman–Crippen LogP) is 2.79. The zero-order valence-corrected chi connectivity index (χ0v) is 7.10. The van der Waals surface area contributed by atoms with Crippen molar-refractivity contribution in [2.45, 2.75) is 46.0 Å². The Kier molecular flexibility index (Phi) is 6.56. The van der Waals surface area contributed by atoms with Gasteiger partial charge in [-0.1, -0.05) is 33.1 Å². The minimum absolute atomic E-state index is 0.744. The van der Waals surface area contributed by atoms with Crippen LogP contribution in [0.1, 0.15) is 46.0 Å². The highest BCUT2D eigenvalue weighted by molar-refractivity contribution is 5.48. The molecular weight excluding hydrogens is 124 g/mol. The molecule has 0 amide bonds. The van der Waals surface area contributed by atoms with E-state index < -0.39 is 0 Å². The molecule has 0 spiro atoms.